The van der Waals surface area contributed by atoms with E-state index in [-0.39, 0.29) is 35.1 Å². The second kappa shape index (κ2) is 8.87. The fourth-order valence-electron chi connectivity index (χ4n) is 4.31. The third-order valence-corrected chi connectivity index (χ3v) is 5.75. The van der Waals surface area contributed by atoms with Gasteiger partial charge in [-0.2, -0.15) is 13.2 Å². The number of amides is 1. The normalized spacial score (nSPS) is 23.5. The molecule has 0 spiro atoms. The molecule has 0 N–H and O–H groups in total. The summed E-state index contributed by atoms with van der Waals surface area (Å²) in [6.45, 7) is 3.38. The van der Waals surface area contributed by atoms with Crippen molar-refractivity contribution in [3.05, 3.63) is 59.8 Å². The summed E-state index contributed by atoms with van der Waals surface area (Å²) in [5.41, 5.74) is -0.527. The van der Waals surface area contributed by atoms with Gasteiger partial charge in [0, 0.05) is 30.1 Å². The van der Waals surface area contributed by atoms with Crippen LogP contribution in [0.25, 0.3) is 5.57 Å². The highest BCUT2D eigenvalue weighted by Gasteiger charge is 2.48. The molecule has 2 fully saturated rings. The summed E-state index contributed by atoms with van der Waals surface area (Å²) in [5, 5.41) is 0. The highest BCUT2D eigenvalue weighted by molar-refractivity contribution is 6.02. The summed E-state index contributed by atoms with van der Waals surface area (Å²) in [6.07, 6.45) is 2.14. The minimum absolute atomic E-state index is 0.0328. The lowest BCUT2D eigenvalue weighted by atomic mass is 10.0. The average molecular weight is 463 g/mol. The Morgan fingerprint density at radius 1 is 1.12 bits per heavy atom. The smallest absolute Gasteiger partial charge is 0.434 e. The van der Waals surface area contributed by atoms with Crippen molar-refractivity contribution < 1.29 is 27.1 Å². The lowest BCUT2D eigenvalue weighted by Gasteiger charge is -2.33. The molecular weight excluding hydrogens is 442 g/mol. The number of carbonyl (C=O) groups is 1. The van der Waals surface area contributed by atoms with E-state index in [1.807, 2.05) is 0 Å². The van der Waals surface area contributed by atoms with Crippen LogP contribution in [0.15, 0.2) is 48.3 Å². The zero-order valence-corrected chi connectivity index (χ0v) is 17.9. The van der Waals surface area contributed by atoms with Crippen molar-refractivity contribution in [2.24, 2.45) is 5.92 Å². The van der Waals surface area contributed by atoms with Crippen LogP contribution >= 0.6 is 0 Å². The van der Waals surface area contributed by atoms with E-state index in [0.717, 1.165) is 6.20 Å². The molecule has 0 radical (unpaired) electrons. The maximum absolute atomic E-state index is 13.7. The second-order valence-electron chi connectivity index (χ2n) is 8.10. The van der Waals surface area contributed by atoms with Crippen molar-refractivity contribution in [1.82, 2.24) is 24.8 Å². The van der Waals surface area contributed by atoms with Crippen LogP contribution < -0.4 is 4.74 Å². The average Bonchev–Trinajstić information content (AvgIpc) is 3.37. The molecule has 3 heterocycles. The molecule has 2 aromatic heterocycles. The quantitative estimate of drug-likeness (QED) is 0.379. The first-order valence-corrected chi connectivity index (χ1v) is 10.3. The van der Waals surface area contributed by atoms with Crippen molar-refractivity contribution in [3.8, 4) is 5.88 Å². The highest BCUT2D eigenvalue weighted by Crippen LogP contribution is 2.40. The molecule has 1 amide bonds. The van der Waals surface area contributed by atoms with Crippen molar-refractivity contribution in [2.45, 2.75) is 45.0 Å². The Morgan fingerprint density at radius 2 is 1.85 bits per heavy atom. The molecule has 3 atom stereocenters. The summed E-state index contributed by atoms with van der Waals surface area (Å²) < 4.78 is 57.6. The molecule has 11 heteroatoms. The number of nitrogens with zero attached hydrogens (tertiary/aromatic N) is 5. The molecular formula is C22H21F4N5O2. The van der Waals surface area contributed by atoms with E-state index in [4.69, 9.17) is 4.74 Å². The van der Waals surface area contributed by atoms with Crippen LogP contribution in [-0.4, -0.2) is 49.4 Å². The number of halogens is 4. The maximum Gasteiger partial charge on any atom is 0.434 e. The van der Waals surface area contributed by atoms with Gasteiger partial charge in [-0.3, -0.25) is 4.79 Å². The molecule has 4 rings (SSSR count). The van der Waals surface area contributed by atoms with Gasteiger partial charge in [0.1, 0.15) is 6.10 Å². The first kappa shape index (κ1) is 22.8. The van der Waals surface area contributed by atoms with Crippen LogP contribution in [0, 0.1) is 5.92 Å². The number of hydrogen-bond acceptors (Lipinski definition) is 6. The molecule has 2 aromatic rings. The van der Waals surface area contributed by atoms with E-state index >= 15 is 0 Å². The Bertz CT molecular complexity index is 1080. The number of piperidine rings is 1. The zero-order chi connectivity index (χ0) is 23.8. The zero-order valence-electron chi connectivity index (χ0n) is 17.9. The topological polar surface area (TPSA) is 81.1 Å². The Kier molecular flexibility index (Phi) is 6.13. The summed E-state index contributed by atoms with van der Waals surface area (Å²) in [7, 11) is 0. The first-order chi connectivity index (χ1) is 15.6. The van der Waals surface area contributed by atoms with E-state index in [1.165, 1.54) is 25.4 Å². The minimum atomic E-state index is -4.59. The minimum Gasteiger partial charge on any atom is -0.471 e. The Labute approximate surface area is 187 Å². The predicted octanol–water partition coefficient (Wildman–Crippen LogP) is 4.00. The number of rotatable bonds is 5. The molecule has 2 bridgehead atoms. The predicted molar refractivity (Wildman–Crippen MR) is 109 cm³/mol. The van der Waals surface area contributed by atoms with Gasteiger partial charge in [-0.1, -0.05) is 0 Å². The number of hydrogen-bond donors (Lipinski definition) is 0. The summed E-state index contributed by atoms with van der Waals surface area (Å²) in [4.78, 5) is 30.3. The molecule has 1 aliphatic carbocycles. The molecule has 0 aromatic carbocycles. The standard InChI is InChI=1S/C22H21F4N5O2/c1-12(23)6-15(20-27-4-3-5-28-20)13(2)21(32)31-11-14-7-16(31)17(8-14)33-19-10-29-18(9-30-19)22(24,25)26/h3-6,9-10,14,16-17H,7-8,11H2,1-2H3/b12-6+,15-13-. The van der Waals surface area contributed by atoms with E-state index in [0.29, 0.717) is 31.2 Å². The monoisotopic (exact) mass is 463 g/mol. The third kappa shape index (κ3) is 4.86. The van der Waals surface area contributed by atoms with Gasteiger partial charge in [0.15, 0.2) is 11.5 Å². The van der Waals surface area contributed by atoms with Crippen molar-refractivity contribution in [1.29, 1.82) is 0 Å². The molecule has 1 saturated heterocycles. The van der Waals surface area contributed by atoms with Gasteiger partial charge in [0.2, 0.25) is 5.88 Å². The van der Waals surface area contributed by atoms with Gasteiger partial charge in [0.05, 0.1) is 24.3 Å². The van der Waals surface area contributed by atoms with Gasteiger partial charge >= 0.3 is 6.18 Å². The SMILES string of the molecule is C/C(C(=O)N1CC2CC(Oc3cnc(C(F)(F)F)cn3)C1C2)=C(\C=C(/C)F)c1ncccn1. The molecule has 1 saturated carbocycles. The fourth-order valence-corrected chi connectivity index (χ4v) is 4.31. The number of alkyl halides is 3. The van der Waals surface area contributed by atoms with Crippen LogP contribution in [0.1, 0.15) is 38.2 Å². The Balaban J connectivity index is 1.54. The van der Waals surface area contributed by atoms with E-state index in [9.17, 15) is 22.4 Å². The van der Waals surface area contributed by atoms with E-state index in [1.54, 1.807) is 17.9 Å². The molecule has 1 aliphatic heterocycles. The van der Waals surface area contributed by atoms with Crippen molar-refractivity contribution in [3.63, 3.8) is 0 Å². The van der Waals surface area contributed by atoms with E-state index < -0.39 is 23.8 Å². The summed E-state index contributed by atoms with van der Waals surface area (Å²) in [6, 6.07) is 1.34. The molecule has 33 heavy (non-hydrogen) atoms. The van der Waals surface area contributed by atoms with Crippen LogP contribution in [0.5, 0.6) is 5.88 Å². The lowest BCUT2D eigenvalue weighted by molar-refractivity contribution is -0.141. The third-order valence-electron chi connectivity index (χ3n) is 5.75. The Morgan fingerprint density at radius 3 is 2.42 bits per heavy atom. The number of aromatic nitrogens is 4. The number of fused-ring (bicyclic) bond motifs is 2. The van der Waals surface area contributed by atoms with Crippen molar-refractivity contribution >= 4 is 11.5 Å². The van der Waals surface area contributed by atoms with Crippen molar-refractivity contribution in [2.75, 3.05) is 6.54 Å². The fraction of sp³-hybridized carbons (Fsp3) is 0.409. The van der Waals surface area contributed by atoms with Gasteiger partial charge in [0.25, 0.3) is 5.91 Å². The van der Waals surface area contributed by atoms with E-state index in [2.05, 4.69) is 19.9 Å². The number of carbonyl (C=O) groups excluding carboxylic acids is 1. The highest BCUT2D eigenvalue weighted by atomic mass is 19.4. The molecule has 3 unspecified atom stereocenters. The number of ether oxygens (including phenoxy) is 1. The first-order valence-electron chi connectivity index (χ1n) is 10.3. The van der Waals surface area contributed by atoms with Gasteiger partial charge in [-0.25, -0.2) is 24.3 Å². The number of allylic oxidation sites excluding steroid dienone is 3. The lowest BCUT2D eigenvalue weighted by Crippen LogP contribution is -2.47. The van der Waals surface area contributed by atoms with Crippen LogP contribution in [0.4, 0.5) is 17.6 Å². The van der Waals surface area contributed by atoms with Gasteiger partial charge < -0.3 is 9.64 Å². The van der Waals surface area contributed by atoms with Crippen LogP contribution in [-0.2, 0) is 11.0 Å². The summed E-state index contributed by atoms with van der Waals surface area (Å²) in [5.74, 6) is -0.398. The van der Waals surface area contributed by atoms with Crippen LogP contribution in [0.2, 0.25) is 0 Å². The molecule has 7 nitrogen and oxygen atoms in total. The Hall–Kier alpha value is -3.37. The van der Waals surface area contributed by atoms with Crippen LogP contribution in [0.3, 0.4) is 0 Å². The molecule has 174 valence electrons. The maximum atomic E-state index is 13.7. The van der Waals surface area contributed by atoms with Gasteiger partial charge in [-0.15, -0.1) is 0 Å². The summed E-state index contributed by atoms with van der Waals surface area (Å²) >= 11 is 0. The largest absolute Gasteiger partial charge is 0.471 e. The van der Waals surface area contributed by atoms with Gasteiger partial charge in [-0.05, 0) is 44.7 Å². The number of likely N-dealkylation sites (tertiary alicyclic amines) is 1. The molecule has 2 aliphatic rings. The second-order valence-corrected chi connectivity index (χ2v) is 8.10.